The highest BCUT2D eigenvalue weighted by atomic mass is 16.1. The lowest BCUT2D eigenvalue weighted by molar-refractivity contribution is -0.378. The zero-order valence-corrected chi connectivity index (χ0v) is 9.03. The Morgan fingerprint density at radius 3 is 2.94 bits per heavy atom. The van der Waals surface area contributed by atoms with Crippen LogP contribution in [0, 0.1) is 0 Å². The van der Waals surface area contributed by atoms with E-state index in [1.54, 1.807) is 0 Å². The summed E-state index contributed by atoms with van der Waals surface area (Å²) in [7, 11) is 0. The normalized spacial score (nSPS) is 28.1. The SMILES string of the molecule is O=C1CC2=C/[N+](=C3\CC4=C(C=[N+]=C4)N3)C=C2N1. The molecule has 5 nitrogen and oxygen atoms in total. The molecule has 1 amide bonds. The van der Waals surface area contributed by atoms with Crippen LogP contribution in [0.3, 0.4) is 0 Å². The molecule has 0 radical (unpaired) electrons. The Labute approximate surface area is 97.3 Å². The van der Waals surface area contributed by atoms with Crippen molar-refractivity contribution in [3.05, 3.63) is 34.9 Å². The molecule has 4 aliphatic heterocycles. The monoisotopic (exact) mass is 226 g/mol. The molecule has 0 atom stereocenters. The minimum atomic E-state index is 0.0765. The van der Waals surface area contributed by atoms with Gasteiger partial charge >= 0.3 is 12.4 Å². The second-order valence-corrected chi connectivity index (χ2v) is 4.42. The Morgan fingerprint density at radius 1 is 1.18 bits per heavy atom. The number of fused-ring (bicyclic) bond motifs is 1. The fourth-order valence-corrected chi connectivity index (χ4v) is 2.42. The fraction of sp³-hybridized carbons (Fsp3) is 0.167. The molecule has 1 saturated heterocycles. The smallest absolute Gasteiger partial charge is 0.322 e. The quantitative estimate of drug-likeness (QED) is 0.416. The minimum Gasteiger partial charge on any atom is -0.322 e. The maximum atomic E-state index is 11.2. The van der Waals surface area contributed by atoms with Crippen molar-refractivity contribution in [1.29, 1.82) is 0 Å². The van der Waals surface area contributed by atoms with Gasteiger partial charge in [-0.25, -0.2) is 9.89 Å². The van der Waals surface area contributed by atoms with Gasteiger partial charge in [-0.15, -0.1) is 0 Å². The number of allylic oxidation sites excluding steroid dienone is 2. The standard InChI is InChI=1S/C12H8N4O/c17-12-2-8-5-16(6-10(8)15-12)11-1-7-3-13-4-9(7)14-11/h3-6H,1-2H2/p+2. The summed E-state index contributed by atoms with van der Waals surface area (Å²) in [6.07, 6.45) is 9.03. The Bertz CT molecular complexity index is 606. The Balaban J connectivity index is 1.68. The average molecular weight is 226 g/mol. The summed E-state index contributed by atoms with van der Waals surface area (Å²) >= 11 is 0. The van der Waals surface area contributed by atoms with Gasteiger partial charge in [-0.1, -0.05) is 4.67 Å². The summed E-state index contributed by atoms with van der Waals surface area (Å²) < 4.78 is 6.14. The van der Waals surface area contributed by atoms with E-state index in [4.69, 9.17) is 0 Å². The number of nitrogens with zero attached hydrogens (tertiary/aromatic N) is 2. The van der Waals surface area contributed by atoms with Crippen LogP contribution in [0.25, 0.3) is 0 Å². The molecule has 0 saturated carbocycles. The molecule has 4 aliphatic rings. The van der Waals surface area contributed by atoms with Crippen molar-refractivity contribution in [3.8, 4) is 0 Å². The molecule has 0 aliphatic carbocycles. The van der Waals surface area contributed by atoms with Gasteiger partial charge in [-0.3, -0.25) is 4.79 Å². The van der Waals surface area contributed by atoms with E-state index in [0.29, 0.717) is 6.42 Å². The fourth-order valence-electron chi connectivity index (χ4n) is 2.42. The summed E-state index contributed by atoms with van der Waals surface area (Å²) in [5, 5.41) is 6.18. The first-order valence-electron chi connectivity index (χ1n) is 5.53. The summed E-state index contributed by atoms with van der Waals surface area (Å²) in [5.74, 6) is 1.19. The Kier molecular flexibility index (Phi) is 1.46. The lowest BCUT2D eigenvalue weighted by Gasteiger charge is -1.96. The molecule has 0 aromatic rings. The molecule has 0 unspecified atom stereocenters. The third-order valence-corrected chi connectivity index (χ3v) is 3.26. The van der Waals surface area contributed by atoms with Gasteiger partial charge in [0, 0.05) is 5.57 Å². The van der Waals surface area contributed by atoms with Crippen molar-refractivity contribution < 1.29 is 9.37 Å². The van der Waals surface area contributed by atoms with Crippen LogP contribution < -0.4 is 15.3 Å². The average Bonchev–Trinajstić information content (AvgIpc) is 2.90. The number of carbonyl (C=O) groups is 1. The predicted molar refractivity (Wildman–Crippen MR) is 63.2 cm³/mol. The number of nitrogens with one attached hydrogen (secondary N) is 2. The first-order valence-corrected chi connectivity index (χ1v) is 5.53. The van der Waals surface area contributed by atoms with Gasteiger partial charge < -0.3 is 5.32 Å². The van der Waals surface area contributed by atoms with E-state index in [1.165, 1.54) is 5.57 Å². The lowest BCUT2D eigenvalue weighted by Crippen LogP contribution is -2.24. The largest absolute Gasteiger partial charge is 0.339 e. The van der Waals surface area contributed by atoms with Crippen molar-refractivity contribution in [2.75, 3.05) is 0 Å². The Hall–Kier alpha value is -2.39. The van der Waals surface area contributed by atoms with Crippen molar-refractivity contribution in [3.63, 3.8) is 0 Å². The van der Waals surface area contributed by atoms with Crippen molar-refractivity contribution in [2.24, 2.45) is 0 Å². The molecule has 5 heteroatoms. The van der Waals surface area contributed by atoms with Gasteiger partial charge in [-0.05, 0) is 0 Å². The van der Waals surface area contributed by atoms with Gasteiger partial charge in [0.15, 0.2) is 0 Å². The maximum Gasteiger partial charge on any atom is 0.339 e. The number of amides is 1. The van der Waals surface area contributed by atoms with Crippen molar-refractivity contribution in [1.82, 2.24) is 15.3 Å². The Morgan fingerprint density at radius 2 is 2.12 bits per heavy atom. The van der Waals surface area contributed by atoms with E-state index in [-0.39, 0.29) is 5.91 Å². The maximum absolute atomic E-state index is 11.2. The summed E-state index contributed by atoms with van der Waals surface area (Å²) in [6.45, 7) is 0. The van der Waals surface area contributed by atoms with E-state index in [2.05, 4.69) is 15.3 Å². The minimum absolute atomic E-state index is 0.0765. The van der Waals surface area contributed by atoms with Crippen LogP contribution in [0.1, 0.15) is 12.8 Å². The van der Waals surface area contributed by atoms with Gasteiger partial charge in [0.25, 0.3) is 5.84 Å². The van der Waals surface area contributed by atoms with Crippen molar-refractivity contribution >= 4 is 24.2 Å². The second-order valence-electron chi connectivity index (χ2n) is 4.42. The molecule has 0 bridgehead atoms. The molecule has 0 aromatic carbocycles. The lowest BCUT2D eigenvalue weighted by atomic mass is 10.2. The second kappa shape index (κ2) is 2.84. The molecule has 4 heterocycles. The molecule has 2 N–H and O–H groups in total. The summed E-state index contributed by atoms with van der Waals surface area (Å²) in [6, 6.07) is 0. The molecular formula is C12H10N4O+2. The van der Waals surface area contributed by atoms with Crippen LogP contribution in [0.4, 0.5) is 0 Å². The number of amidine groups is 1. The van der Waals surface area contributed by atoms with E-state index in [0.717, 1.165) is 29.2 Å². The van der Waals surface area contributed by atoms with E-state index in [9.17, 15) is 4.79 Å². The third kappa shape index (κ3) is 1.17. The molecule has 4 rings (SSSR count). The number of hydrogen-bond acceptors (Lipinski definition) is 1. The third-order valence-electron chi connectivity index (χ3n) is 3.26. The first kappa shape index (κ1) is 8.73. The first-order chi connectivity index (χ1) is 8.29. The molecule has 0 aromatic heterocycles. The molecule has 0 spiro atoms. The molecule has 1 fully saturated rings. The van der Waals surface area contributed by atoms with E-state index in [1.807, 2.05) is 29.4 Å². The topological polar surface area (TPSA) is 58.2 Å². The molecular weight excluding hydrogens is 216 g/mol. The van der Waals surface area contributed by atoms with Crippen LogP contribution in [0.5, 0.6) is 0 Å². The van der Waals surface area contributed by atoms with Crippen LogP contribution in [0.15, 0.2) is 34.9 Å². The van der Waals surface area contributed by atoms with Crippen LogP contribution in [0.2, 0.25) is 0 Å². The van der Waals surface area contributed by atoms with E-state index >= 15 is 0 Å². The zero-order valence-electron chi connectivity index (χ0n) is 9.03. The highest BCUT2D eigenvalue weighted by Crippen LogP contribution is 2.25. The van der Waals surface area contributed by atoms with Crippen LogP contribution in [-0.4, -0.2) is 28.7 Å². The number of hydrogen-bond donors (Lipinski definition) is 2. The van der Waals surface area contributed by atoms with Crippen LogP contribution in [-0.2, 0) is 4.79 Å². The number of rotatable bonds is 0. The number of carbonyl (C=O) groups excluding carboxylic acids is 1. The molecule has 17 heavy (non-hydrogen) atoms. The van der Waals surface area contributed by atoms with Gasteiger partial charge in [0.1, 0.15) is 18.0 Å². The van der Waals surface area contributed by atoms with Crippen LogP contribution >= 0.6 is 0 Å². The van der Waals surface area contributed by atoms with Gasteiger partial charge in [0.05, 0.1) is 18.5 Å². The highest BCUT2D eigenvalue weighted by molar-refractivity contribution is 6.07. The van der Waals surface area contributed by atoms with Gasteiger partial charge in [-0.2, -0.15) is 0 Å². The van der Waals surface area contributed by atoms with E-state index < -0.39 is 0 Å². The van der Waals surface area contributed by atoms with Crippen molar-refractivity contribution in [2.45, 2.75) is 12.8 Å². The summed E-state index contributed by atoms with van der Waals surface area (Å²) in [4.78, 5) is 11.2. The zero-order chi connectivity index (χ0) is 11.4. The molecule has 82 valence electrons. The summed E-state index contributed by atoms with van der Waals surface area (Å²) in [5.41, 5.74) is 4.29. The highest BCUT2D eigenvalue weighted by Gasteiger charge is 2.35. The predicted octanol–water partition coefficient (Wildman–Crippen LogP) is -0.874. The van der Waals surface area contributed by atoms with Gasteiger partial charge in [0.2, 0.25) is 11.6 Å².